The Bertz CT molecular complexity index is 945. The number of para-hydroxylation sites is 1. The average Bonchev–Trinajstić information content (AvgIpc) is 2.64. The van der Waals surface area contributed by atoms with Crippen molar-refractivity contribution in [1.82, 2.24) is 9.47 Å². The molecule has 0 fully saturated rings. The number of aryl methyl sites for hydroxylation is 1. The lowest BCUT2D eigenvalue weighted by atomic mass is 10.1. The molecule has 7 nitrogen and oxygen atoms in total. The molecule has 1 N–H and O–H groups in total. The number of rotatable bonds is 7. The van der Waals surface area contributed by atoms with Crippen LogP contribution in [0.15, 0.2) is 41.3 Å². The largest absolute Gasteiger partial charge is 0.481 e. The van der Waals surface area contributed by atoms with Crippen LogP contribution in [0.4, 0.5) is 10.1 Å². The van der Waals surface area contributed by atoms with Crippen LogP contribution in [-0.2, 0) is 11.8 Å². The van der Waals surface area contributed by atoms with E-state index < -0.39 is 23.9 Å². The normalized spacial score (nSPS) is 10.9. The zero-order valence-electron chi connectivity index (χ0n) is 17.2. The third-order valence-corrected chi connectivity index (χ3v) is 4.25. The van der Waals surface area contributed by atoms with Gasteiger partial charge in [0.2, 0.25) is 0 Å². The van der Waals surface area contributed by atoms with Gasteiger partial charge in [0, 0.05) is 25.3 Å². The van der Waals surface area contributed by atoms with Gasteiger partial charge in [-0.1, -0.05) is 12.1 Å². The standard InChI is InChI=1S/C21H26FN3O4/c1-13(2)25(14(3)4)20(27)15-10-17(21(28)24(5)11-15)23-19(26)12-29-18-9-7-6-8-16(18)22/h6-11,13-14H,12H2,1-5H3,(H,23,26). The van der Waals surface area contributed by atoms with Crippen LogP contribution in [0.3, 0.4) is 0 Å². The predicted octanol–water partition coefficient (Wildman–Crippen LogP) is 2.80. The predicted molar refractivity (Wildman–Crippen MR) is 109 cm³/mol. The Morgan fingerprint density at radius 3 is 2.38 bits per heavy atom. The highest BCUT2D eigenvalue weighted by Crippen LogP contribution is 2.16. The summed E-state index contributed by atoms with van der Waals surface area (Å²) in [5, 5.41) is 2.44. The number of nitrogens with zero attached hydrogens (tertiary/aromatic N) is 2. The molecule has 8 heteroatoms. The molecule has 0 aliphatic heterocycles. The van der Waals surface area contributed by atoms with Crippen molar-refractivity contribution in [2.45, 2.75) is 39.8 Å². The summed E-state index contributed by atoms with van der Waals surface area (Å²) >= 11 is 0. The van der Waals surface area contributed by atoms with Gasteiger partial charge in [0.1, 0.15) is 5.69 Å². The highest BCUT2D eigenvalue weighted by atomic mass is 19.1. The number of aromatic nitrogens is 1. The third kappa shape index (κ3) is 5.43. The second-order valence-electron chi connectivity index (χ2n) is 7.23. The van der Waals surface area contributed by atoms with E-state index in [4.69, 9.17) is 4.74 Å². The van der Waals surface area contributed by atoms with Crippen LogP contribution < -0.4 is 15.6 Å². The molecule has 0 saturated heterocycles. The number of carbonyl (C=O) groups is 2. The van der Waals surface area contributed by atoms with Crippen molar-refractivity contribution in [2.24, 2.45) is 7.05 Å². The number of nitrogens with one attached hydrogen (secondary N) is 1. The number of halogens is 1. The molecule has 1 aromatic heterocycles. The van der Waals surface area contributed by atoms with Crippen LogP contribution in [0, 0.1) is 5.82 Å². The third-order valence-electron chi connectivity index (χ3n) is 4.25. The van der Waals surface area contributed by atoms with E-state index in [9.17, 15) is 18.8 Å². The maximum atomic E-state index is 13.6. The van der Waals surface area contributed by atoms with E-state index in [2.05, 4.69) is 5.32 Å². The summed E-state index contributed by atoms with van der Waals surface area (Å²) in [6.45, 7) is 7.14. The lowest BCUT2D eigenvalue weighted by molar-refractivity contribution is -0.118. The van der Waals surface area contributed by atoms with Gasteiger partial charge in [0.15, 0.2) is 18.2 Å². The lowest BCUT2D eigenvalue weighted by Crippen LogP contribution is -2.42. The Labute approximate surface area is 169 Å². The minimum Gasteiger partial charge on any atom is -0.481 e. The van der Waals surface area contributed by atoms with Crippen LogP contribution in [-0.4, -0.2) is 40.0 Å². The first-order chi connectivity index (χ1) is 13.6. The first kappa shape index (κ1) is 22.1. The first-order valence-corrected chi connectivity index (χ1v) is 9.32. The summed E-state index contributed by atoms with van der Waals surface area (Å²) in [6, 6.07) is 6.98. The SMILES string of the molecule is CC(C)N(C(=O)c1cc(NC(=O)COc2ccccc2F)c(=O)n(C)c1)C(C)C. The lowest BCUT2D eigenvalue weighted by Gasteiger charge is -2.31. The maximum absolute atomic E-state index is 13.6. The van der Waals surface area contributed by atoms with Crippen molar-refractivity contribution in [3.05, 3.63) is 58.3 Å². The van der Waals surface area contributed by atoms with E-state index in [0.29, 0.717) is 0 Å². The average molecular weight is 403 g/mol. The van der Waals surface area contributed by atoms with Gasteiger partial charge < -0.3 is 19.5 Å². The quantitative estimate of drug-likeness (QED) is 0.771. The van der Waals surface area contributed by atoms with Gasteiger partial charge in [-0.2, -0.15) is 0 Å². The van der Waals surface area contributed by atoms with Gasteiger partial charge in [0.05, 0.1) is 5.56 Å². The number of carbonyl (C=O) groups excluding carboxylic acids is 2. The number of amides is 2. The topological polar surface area (TPSA) is 80.6 Å². The van der Waals surface area contributed by atoms with E-state index in [1.807, 2.05) is 27.7 Å². The molecular weight excluding hydrogens is 377 g/mol. The van der Waals surface area contributed by atoms with Crippen molar-refractivity contribution < 1.29 is 18.7 Å². The molecule has 0 aliphatic carbocycles. The van der Waals surface area contributed by atoms with E-state index >= 15 is 0 Å². The minimum absolute atomic E-state index is 0.0352. The van der Waals surface area contributed by atoms with E-state index in [0.717, 1.165) is 0 Å². The number of hydrogen-bond acceptors (Lipinski definition) is 4. The Morgan fingerprint density at radius 2 is 1.79 bits per heavy atom. The van der Waals surface area contributed by atoms with Crippen molar-refractivity contribution in [2.75, 3.05) is 11.9 Å². The van der Waals surface area contributed by atoms with Crippen LogP contribution in [0.2, 0.25) is 0 Å². The molecule has 0 radical (unpaired) electrons. The van der Waals surface area contributed by atoms with Gasteiger partial charge >= 0.3 is 0 Å². The Morgan fingerprint density at radius 1 is 1.17 bits per heavy atom. The Balaban J connectivity index is 2.20. The number of hydrogen-bond donors (Lipinski definition) is 1. The zero-order valence-corrected chi connectivity index (χ0v) is 17.2. The molecule has 0 bridgehead atoms. The number of ether oxygens (including phenoxy) is 1. The second kappa shape index (κ2) is 9.36. The first-order valence-electron chi connectivity index (χ1n) is 9.32. The molecule has 0 spiro atoms. The molecule has 156 valence electrons. The molecule has 2 rings (SSSR count). The molecule has 0 atom stereocenters. The van der Waals surface area contributed by atoms with Crippen molar-refractivity contribution in [1.29, 1.82) is 0 Å². The van der Waals surface area contributed by atoms with E-state index in [1.165, 1.54) is 42.1 Å². The van der Waals surface area contributed by atoms with E-state index in [-0.39, 0.29) is 35.0 Å². The summed E-state index contributed by atoms with van der Waals surface area (Å²) < 4.78 is 20.0. The van der Waals surface area contributed by atoms with Crippen LogP contribution >= 0.6 is 0 Å². The van der Waals surface area contributed by atoms with Gasteiger partial charge in [-0.25, -0.2) is 4.39 Å². The maximum Gasteiger partial charge on any atom is 0.274 e. The Hall–Kier alpha value is -3.16. The Kier molecular flexibility index (Phi) is 7.14. The van der Waals surface area contributed by atoms with Gasteiger partial charge in [0.25, 0.3) is 17.4 Å². The number of pyridine rings is 1. The van der Waals surface area contributed by atoms with Gasteiger partial charge in [-0.3, -0.25) is 14.4 Å². The summed E-state index contributed by atoms with van der Waals surface area (Å²) in [5.74, 6) is -1.54. The zero-order chi connectivity index (χ0) is 21.7. The van der Waals surface area contributed by atoms with Crippen molar-refractivity contribution in [3.63, 3.8) is 0 Å². The summed E-state index contributed by atoms with van der Waals surface area (Å²) in [5.41, 5.74) is -0.241. The minimum atomic E-state index is -0.639. The second-order valence-corrected chi connectivity index (χ2v) is 7.23. The molecule has 1 heterocycles. The molecular formula is C21H26FN3O4. The summed E-state index contributed by atoms with van der Waals surface area (Å²) in [6.07, 6.45) is 1.44. The summed E-state index contributed by atoms with van der Waals surface area (Å²) in [7, 11) is 1.50. The molecule has 2 aromatic rings. The number of anilines is 1. The highest BCUT2D eigenvalue weighted by Gasteiger charge is 2.23. The number of benzene rings is 1. The highest BCUT2D eigenvalue weighted by molar-refractivity contribution is 5.97. The van der Waals surface area contributed by atoms with Crippen molar-refractivity contribution >= 4 is 17.5 Å². The monoisotopic (exact) mass is 403 g/mol. The van der Waals surface area contributed by atoms with E-state index in [1.54, 1.807) is 11.0 Å². The fourth-order valence-electron chi connectivity index (χ4n) is 3.02. The smallest absolute Gasteiger partial charge is 0.274 e. The molecule has 2 amide bonds. The molecule has 29 heavy (non-hydrogen) atoms. The van der Waals surface area contributed by atoms with Crippen molar-refractivity contribution in [3.8, 4) is 5.75 Å². The van der Waals surface area contributed by atoms with Crippen LogP contribution in [0.25, 0.3) is 0 Å². The molecule has 1 aromatic carbocycles. The van der Waals surface area contributed by atoms with Gasteiger partial charge in [-0.15, -0.1) is 0 Å². The molecule has 0 aliphatic rings. The van der Waals surface area contributed by atoms with Crippen LogP contribution in [0.1, 0.15) is 38.1 Å². The van der Waals surface area contributed by atoms with Gasteiger partial charge in [-0.05, 0) is 45.9 Å². The molecule has 0 unspecified atom stereocenters. The summed E-state index contributed by atoms with van der Waals surface area (Å²) in [4.78, 5) is 39.2. The fourth-order valence-corrected chi connectivity index (χ4v) is 3.02. The fraction of sp³-hybridized carbons (Fsp3) is 0.381. The van der Waals surface area contributed by atoms with Crippen LogP contribution in [0.5, 0.6) is 5.75 Å². The molecule has 0 saturated carbocycles.